The van der Waals surface area contributed by atoms with Crippen molar-refractivity contribution in [3.63, 3.8) is 0 Å². The van der Waals surface area contributed by atoms with E-state index in [1.54, 1.807) is 0 Å². The Labute approximate surface area is 103 Å². The van der Waals surface area contributed by atoms with Crippen molar-refractivity contribution >= 4 is 22.6 Å². The summed E-state index contributed by atoms with van der Waals surface area (Å²) >= 11 is 2.31. The van der Waals surface area contributed by atoms with E-state index in [-0.39, 0.29) is 0 Å². The van der Waals surface area contributed by atoms with E-state index in [1.165, 1.54) is 9.13 Å². The van der Waals surface area contributed by atoms with Crippen molar-refractivity contribution in [3.05, 3.63) is 40.2 Å². The number of rotatable bonds is 2. The molecule has 0 spiro atoms. The molecule has 1 aromatic heterocycles. The van der Waals surface area contributed by atoms with E-state index < -0.39 is 0 Å². The zero-order valence-electron chi connectivity index (χ0n) is 8.81. The van der Waals surface area contributed by atoms with Crippen molar-refractivity contribution in [1.82, 2.24) is 9.55 Å². The molecule has 2 rings (SSSR count). The smallest absolute Gasteiger partial charge is 0.140 e. The Balaban J connectivity index is 2.45. The minimum atomic E-state index is 0.446. The van der Waals surface area contributed by atoms with Crippen LogP contribution in [0.1, 0.15) is 19.9 Å². The molecule has 0 N–H and O–H groups in total. The van der Waals surface area contributed by atoms with Gasteiger partial charge in [-0.3, -0.25) is 0 Å². The molecule has 0 unspecified atom stereocenters. The molecule has 0 atom stereocenters. The first-order valence-electron chi connectivity index (χ1n) is 4.97. The van der Waals surface area contributed by atoms with Gasteiger partial charge >= 0.3 is 0 Å². The number of nitrogens with zero attached hydrogens (tertiary/aromatic N) is 2. The zero-order chi connectivity index (χ0) is 10.8. The molecular formula is C12H13IN2. The quantitative estimate of drug-likeness (QED) is 0.773. The third kappa shape index (κ3) is 2.22. The molecule has 2 aromatic rings. The molecule has 0 aliphatic carbocycles. The highest BCUT2D eigenvalue weighted by Crippen LogP contribution is 2.21. The van der Waals surface area contributed by atoms with Crippen LogP contribution in [0.5, 0.6) is 0 Å². The molecule has 0 aliphatic heterocycles. The summed E-state index contributed by atoms with van der Waals surface area (Å²) in [4.78, 5) is 4.40. The molecule has 15 heavy (non-hydrogen) atoms. The van der Waals surface area contributed by atoms with E-state index in [9.17, 15) is 0 Å². The molecule has 0 bridgehead atoms. The lowest BCUT2D eigenvalue weighted by molar-refractivity contribution is 0.606. The predicted octanol–water partition coefficient (Wildman–Crippen LogP) is 3.74. The number of hydrogen-bond acceptors (Lipinski definition) is 1. The van der Waals surface area contributed by atoms with Gasteiger partial charge in [0.05, 0.1) is 0 Å². The first kappa shape index (κ1) is 10.7. The van der Waals surface area contributed by atoms with Crippen molar-refractivity contribution in [1.29, 1.82) is 0 Å². The standard InChI is InChI=1S/C12H13IN2/c1-9(2)15-8-7-14-12(15)10-3-5-11(13)6-4-10/h3-9H,1-2H3. The Hall–Kier alpha value is -0.840. The molecule has 0 saturated carbocycles. The summed E-state index contributed by atoms with van der Waals surface area (Å²) in [6, 6.07) is 8.89. The van der Waals surface area contributed by atoms with Gasteiger partial charge in [0.2, 0.25) is 0 Å². The van der Waals surface area contributed by atoms with Crippen LogP contribution < -0.4 is 0 Å². The summed E-state index contributed by atoms with van der Waals surface area (Å²) in [5.74, 6) is 1.04. The highest BCUT2D eigenvalue weighted by atomic mass is 127. The fraction of sp³-hybridized carbons (Fsp3) is 0.250. The number of hydrogen-bond donors (Lipinski definition) is 0. The van der Waals surface area contributed by atoms with Gasteiger partial charge in [-0.2, -0.15) is 0 Å². The Bertz CT molecular complexity index is 443. The van der Waals surface area contributed by atoms with Gasteiger partial charge in [-0.15, -0.1) is 0 Å². The number of imidazole rings is 1. The van der Waals surface area contributed by atoms with Gasteiger partial charge in [0.1, 0.15) is 5.82 Å². The summed E-state index contributed by atoms with van der Waals surface area (Å²) < 4.78 is 3.43. The highest BCUT2D eigenvalue weighted by Gasteiger charge is 2.07. The lowest BCUT2D eigenvalue weighted by atomic mass is 10.2. The maximum Gasteiger partial charge on any atom is 0.140 e. The summed E-state index contributed by atoms with van der Waals surface area (Å²) in [5, 5.41) is 0. The van der Waals surface area contributed by atoms with Crippen molar-refractivity contribution in [3.8, 4) is 11.4 Å². The van der Waals surface area contributed by atoms with Gasteiger partial charge in [0.25, 0.3) is 0 Å². The van der Waals surface area contributed by atoms with Gasteiger partial charge in [0.15, 0.2) is 0 Å². The van der Waals surface area contributed by atoms with Crippen molar-refractivity contribution in [2.45, 2.75) is 19.9 Å². The van der Waals surface area contributed by atoms with Crippen molar-refractivity contribution < 1.29 is 0 Å². The maximum atomic E-state index is 4.40. The Morgan fingerprint density at radius 2 is 1.87 bits per heavy atom. The monoisotopic (exact) mass is 312 g/mol. The van der Waals surface area contributed by atoms with Crippen molar-refractivity contribution in [2.24, 2.45) is 0 Å². The van der Waals surface area contributed by atoms with Crippen LogP contribution in [0.25, 0.3) is 11.4 Å². The van der Waals surface area contributed by atoms with Gasteiger partial charge in [-0.05, 0) is 48.6 Å². The Morgan fingerprint density at radius 3 is 2.47 bits per heavy atom. The number of halogens is 1. The maximum absolute atomic E-state index is 4.40. The second kappa shape index (κ2) is 4.35. The van der Waals surface area contributed by atoms with Gasteiger partial charge in [-0.1, -0.05) is 12.1 Å². The van der Waals surface area contributed by atoms with E-state index >= 15 is 0 Å². The minimum Gasteiger partial charge on any atom is -0.328 e. The molecule has 0 fully saturated rings. The molecule has 0 amide bonds. The number of benzene rings is 1. The van der Waals surface area contributed by atoms with Crippen LogP contribution in [0.2, 0.25) is 0 Å². The van der Waals surface area contributed by atoms with Crippen LogP contribution in [0.15, 0.2) is 36.7 Å². The highest BCUT2D eigenvalue weighted by molar-refractivity contribution is 14.1. The third-order valence-corrected chi connectivity index (χ3v) is 3.05. The third-order valence-electron chi connectivity index (χ3n) is 2.33. The van der Waals surface area contributed by atoms with Crippen LogP contribution in [0, 0.1) is 3.57 Å². The molecule has 1 aromatic carbocycles. The lowest BCUT2D eigenvalue weighted by Gasteiger charge is -2.11. The molecular weight excluding hydrogens is 299 g/mol. The molecule has 0 aliphatic rings. The minimum absolute atomic E-state index is 0.446. The summed E-state index contributed by atoms with van der Waals surface area (Å²) in [6.45, 7) is 4.33. The normalized spacial score (nSPS) is 10.9. The van der Waals surface area contributed by atoms with Crippen LogP contribution in [-0.2, 0) is 0 Å². The molecule has 1 heterocycles. The molecule has 0 saturated heterocycles. The summed E-state index contributed by atoms with van der Waals surface area (Å²) in [5.41, 5.74) is 1.18. The van der Waals surface area contributed by atoms with Gasteiger partial charge < -0.3 is 4.57 Å². The zero-order valence-corrected chi connectivity index (χ0v) is 11.0. The van der Waals surface area contributed by atoms with E-state index in [2.05, 4.69) is 70.3 Å². The summed E-state index contributed by atoms with van der Waals surface area (Å²) in [6.07, 6.45) is 3.88. The first-order chi connectivity index (χ1) is 7.18. The number of aromatic nitrogens is 2. The van der Waals surface area contributed by atoms with E-state index in [0.717, 1.165) is 5.82 Å². The molecule has 2 nitrogen and oxygen atoms in total. The van der Waals surface area contributed by atoms with E-state index in [1.807, 2.05) is 12.4 Å². The fourth-order valence-electron chi connectivity index (χ4n) is 1.55. The lowest BCUT2D eigenvalue weighted by Crippen LogP contribution is -2.01. The van der Waals surface area contributed by atoms with E-state index in [4.69, 9.17) is 0 Å². The topological polar surface area (TPSA) is 17.8 Å². The Morgan fingerprint density at radius 1 is 1.20 bits per heavy atom. The fourth-order valence-corrected chi connectivity index (χ4v) is 1.91. The molecule has 3 heteroatoms. The van der Waals surface area contributed by atoms with Crippen LogP contribution in [0.3, 0.4) is 0 Å². The SMILES string of the molecule is CC(C)n1ccnc1-c1ccc(I)cc1. The summed E-state index contributed by atoms with van der Waals surface area (Å²) in [7, 11) is 0. The van der Waals surface area contributed by atoms with Crippen LogP contribution >= 0.6 is 22.6 Å². The first-order valence-corrected chi connectivity index (χ1v) is 6.05. The molecule has 0 radical (unpaired) electrons. The van der Waals surface area contributed by atoms with E-state index in [0.29, 0.717) is 6.04 Å². The second-order valence-corrected chi connectivity index (χ2v) is 5.00. The molecule has 78 valence electrons. The average Bonchev–Trinajstić information content (AvgIpc) is 2.67. The Kier molecular flexibility index (Phi) is 3.09. The largest absolute Gasteiger partial charge is 0.328 e. The predicted molar refractivity (Wildman–Crippen MR) is 70.8 cm³/mol. The van der Waals surface area contributed by atoms with Crippen molar-refractivity contribution in [2.75, 3.05) is 0 Å². The van der Waals surface area contributed by atoms with Crippen LogP contribution in [0.4, 0.5) is 0 Å². The van der Waals surface area contributed by atoms with Gasteiger partial charge in [-0.25, -0.2) is 4.98 Å². The van der Waals surface area contributed by atoms with Gasteiger partial charge in [0, 0.05) is 27.6 Å². The average molecular weight is 312 g/mol. The second-order valence-electron chi connectivity index (χ2n) is 3.76. The van der Waals surface area contributed by atoms with Crippen LogP contribution in [-0.4, -0.2) is 9.55 Å².